The Morgan fingerprint density at radius 3 is 2.72 bits per heavy atom. The van der Waals surface area contributed by atoms with Crippen LogP contribution in [0.2, 0.25) is 0 Å². The van der Waals surface area contributed by atoms with Gasteiger partial charge in [-0.1, -0.05) is 12.1 Å². The van der Waals surface area contributed by atoms with Gasteiger partial charge in [0.1, 0.15) is 5.82 Å². The van der Waals surface area contributed by atoms with Gasteiger partial charge in [0.25, 0.3) is 5.91 Å². The van der Waals surface area contributed by atoms with Gasteiger partial charge in [-0.15, -0.1) is 11.3 Å². The van der Waals surface area contributed by atoms with Gasteiger partial charge in [0.2, 0.25) is 0 Å². The third kappa shape index (κ3) is 4.45. The minimum absolute atomic E-state index is 0.0358. The maximum atomic E-state index is 13.4. The normalized spacial score (nSPS) is 17.4. The molecule has 0 unspecified atom stereocenters. The molecule has 1 aromatic heterocycles. The number of thiophene rings is 1. The highest BCUT2D eigenvalue weighted by Gasteiger charge is 2.34. The standard InChI is InChI=1S/C19H23FN2O2S/c1-14-5-6-17(25-14)18(23)21-9-12-22-10-7-19(24,8-11-22)15-3-2-4-16(20)13-15/h2-6,13,24H,7-12H2,1H3,(H,21,23). The van der Waals surface area contributed by atoms with Gasteiger partial charge in [0.15, 0.2) is 0 Å². The van der Waals surface area contributed by atoms with Gasteiger partial charge in [-0.25, -0.2) is 4.39 Å². The lowest BCUT2D eigenvalue weighted by Gasteiger charge is -2.38. The molecule has 0 radical (unpaired) electrons. The van der Waals surface area contributed by atoms with Crippen LogP contribution >= 0.6 is 11.3 Å². The Morgan fingerprint density at radius 2 is 2.08 bits per heavy atom. The van der Waals surface area contributed by atoms with Gasteiger partial charge >= 0.3 is 0 Å². The third-order valence-electron chi connectivity index (χ3n) is 4.72. The molecule has 6 heteroatoms. The molecule has 2 N–H and O–H groups in total. The van der Waals surface area contributed by atoms with E-state index in [0.29, 0.717) is 24.9 Å². The summed E-state index contributed by atoms with van der Waals surface area (Å²) < 4.78 is 13.4. The van der Waals surface area contributed by atoms with Crippen LogP contribution in [0.3, 0.4) is 0 Å². The number of rotatable bonds is 5. The summed E-state index contributed by atoms with van der Waals surface area (Å²) in [5.74, 6) is -0.355. The highest BCUT2D eigenvalue weighted by molar-refractivity contribution is 7.13. The van der Waals surface area contributed by atoms with Crippen molar-refractivity contribution in [3.63, 3.8) is 0 Å². The van der Waals surface area contributed by atoms with Crippen LogP contribution in [-0.4, -0.2) is 42.1 Å². The molecule has 1 aromatic carbocycles. The Bertz CT molecular complexity index is 739. The SMILES string of the molecule is Cc1ccc(C(=O)NCCN2CCC(O)(c3cccc(F)c3)CC2)s1. The Labute approximate surface area is 151 Å². The van der Waals surface area contributed by atoms with E-state index in [1.54, 1.807) is 12.1 Å². The lowest BCUT2D eigenvalue weighted by molar-refractivity contribution is -0.0257. The van der Waals surface area contributed by atoms with Gasteiger partial charge in [-0.3, -0.25) is 4.79 Å². The number of aliphatic hydroxyl groups is 1. The first kappa shape index (κ1) is 18.0. The number of likely N-dealkylation sites (tertiary alicyclic amines) is 1. The predicted octanol–water partition coefficient (Wildman–Crippen LogP) is 2.91. The quantitative estimate of drug-likeness (QED) is 0.860. The second-order valence-corrected chi connectivity index (χ2v) is 7.84. The Kier molecular flexibility index (Phi) is 5.51. The van der Waals surface area contributed by atoms with Gasteiger partial charge in [0.05, 0.1) is 10.5 Å². The van der Waals surface area contributed by atoms with E-state index < -0.39 is 5.60 Å². The van der Waals surface area contributed by atoms with E-state index in [0.717, 1.165) is 29.4 Å². The van der Waals surface area contributed by atoms with Gasteiger partial charge in [-0.2, -0.15) is 0 Å². The molecule has 2 heterocycles. The zero-order chi connectivity index (χ0) is 17.9. The summed E-state index contributed by atoms with van der Waals surface area (Å²) in [6, 6.07) is 10.0. The van der Waals surface area contributed by atoms with Crippen molar-refractivity contribution in [2.24, 2.45) is 0 Å². The summed E-state index contributed by atoms with van der Waals surface area (Å²) in [6.45, 7) is 4.75. The van der Waals surface area contributed by atoms with Crippen LogP contribution in [-0.2, 0) is 5.60 Å². The summed E-state index contributed by atoms with van der Waals surface area (Å²) in [5, 5.41) is 13.7. The fourth-order valence-electron chi connectivity index (χ4n) is 3.18. The molecular weight excluding hydrogens is 339 g/mol. The zero-order valence-electron chi connectivity index (χ0n) is 14.3. The van der Waals surface area contributed by atoms with E-state index >= 15 is 0 Å². The van der Waals surface area contributed by atoms with E-state index in [9.17, 15) is 14.3 Å². The molecule has 0 aliphatic carbocycles. The van der Waals surface area contributed by atoms with Gasteiger partial charge in [0, 0.05) is 31.1 Å². The summed E-state index contributed by atoms with van der Waals surface area (Å²) in [5.41, 5.74) is -0.315. The number of benzene rings is 1. The average Bonchev–Trinajstić information content (AvgIpc) is 3.03. The summed E-state index contributed by atoms with van der Waals surface area (Å²) in [7, 11) is 0. The Balaban J connectivity index is 1.45. The second-order valence-electron chi connectivity index (χ2n) is 6.55. The molecule has 1 aliphatic heterocycles. The lowest BCUT2D eigenvalue weighted by atomic mass is 9.84. The van der Waals surface area contributed by atoms with Gasteiger partial charge < -0.3 is 15.3 Å². The first-order valence-corrected chi connectivity index (χ1v) is 9.33. The first-order chi connectivity index (χ1) is 12.0. The van der Waals surface area contributed by atoms with Gasteiger partial charge in [-0.05, 0) is 49.6 Å². The topological polar surface area (TPSA) is 52.6 Å². The molecule has 0 bridgehead atoms. The zero-order valence-corrected chi connectivity index (χ0v) is 15.1. The fraction of sp³-hybridized carbons (Fsp3) is 0.421. The maximum absolute atomic E-state index is 13.4. The molecule has 134 valence electrons. The number of carbonyl (C=O) groups is 1. The first-order valence-electron chi connectivity index (χ1n) is 8.52. The van der Waals surface area contributed by atoms with Crippen molar-refractivity contribution in [2.75, 3.05) is 26.2 Å². The summed E-state index contributed by atoms with van der Waals surface area (Å²) >= 11 is 1.49. The van der Waals surface area contributed by atoms with Crippen LogP contribution in [0, 0.1) is 12.7 Å². The van der Waals surface area contributed by atoms with Crippen LogP contribution in [0.1, 0.15) is 33.0 Å². The van der Waals surface area contributed by atoms with Crippen LogP contribution in [0.15, 0.2) is 36.4 Å². The predicted molar refractivity (Wildman–Crippen MR) is 97.4 cm³/mol. The van der Waals surface area contributed by atoms with Crippen LogP contribution in [0.4, 0.5) is 4.39 Å². The minimum atomic E-state index is -0.962. The summed E-state index contributed by atoms with van der Waals surface area (Å²) in [6.07, 6.45) is 1.13. The monoisotopic (exact) mass is 362 g/mol. The molecule has 3 rings (SSSR count). The van der Waals surface area contributed by atoms with Crippen molar-refractivity contribution in [2.45, 2.75) is 25.4 Å². The molecule has 1 aliphatic rings. The van der Waals surface area contributed by atoms with Crippen molar-refractivity contribution < 1.29 is 14.3 Å². The molecular formula is C19H23FN2O2S. The maximum Gasteiger partial charge on any atom is 0.261 e. The van der Waals surface area contributed by atoms with Crippen molar-refractivity contribution in [3.05, 3.63) is 57.5 Å². The summed E-state index contributed by atoms with van der Waals surface area (Å²) in [4.78, 5) is 16.1. The van der Waals surface area contributed by atoms with Crippen LogP contribution in [0.25, 0.3) is 0 Å². The van der Waals surface area contributed by atoms with E-state index in [4.69, 9.17) is 0 Å². The molecule has 0 spiro atoms. The molecule has 25 heavy (non-hydrogen) atoms. The molecule has 1 saturated heterocycles. The average molecular weight is 362 g/mol. The molecule has 0 atom stereocenters. The number of hydrogen-bond acceptors (Lipinski definition) is 4. The molecule has 0 saturated carbocycles. The van der Waals surface area contributed by atoms with Crippen molar-refractivity contribution in [3.8, 4) is 0 Å². The second kappa shape index (κ2) is 7.64. The molecule has 2 aromatic rings. The smallest absolute Gasteiger partial charge is 0.261 e. The molecule has 1 amide bonds. The van der Waals surface area contributed by atoms with E-state index in [1.165, 1.54) is 23.5 Å². The number of halogens is 1. The van der Waals surface area contributed by atoms with E-state index in [2.05, 4.69) is 10.2 Å². The number of piperidine rings is 1. The van der Waals surface area contributed by atoms with E-state index in [-0.39, 0.29) is 11.7 Å². The van der Waals surface area contributed by atoms with Crippen molar-refractivity contribution >= 4 is 17.2 Å². The Morgan fingerprint density at radius 1 is 1.32 bits per heavy atom. The number of carbonyl (C=O) groups excluding carboxylic acids is 1. The van der Waals surface area contributed by atoms with E-state index in [1.807, 2.05) is 19.1 Å². The fourth-order valence-corrected chi connectivity index (χ4v) is 3.97. The Hall–Kier alpha value is -1.76. The number of nitrogens with one attached hydrogen (secondary N) is 1. The van der Waals surface area contributed by atoms with Crippen LogP contribution in [0.5, 0.6) is 0 Å². The molecule has 4 nitrogen and oxygen atoms in total. The number of hydrogen-bond donors (Lipinski definition) is 2. The molecule has 1 fully saturated rings. The van der Waals surface area contributed by atoms with Crippen LogP contribution < -0.4 is 5.32 Å². The number of nitrogens with zero attached hydrogens (tertiary/aromatic N) is 1. The van der Waals surface area contributed by atoms with Crippen molar-refractivity contribution in [1.82, 2.24) is 10.2 Å². The van der Waals surface area contributed by atoms with Crippen molar-refractivity contribution in [1.29, 1.82) is 0 Å². The highest BCUT2D eigenvalue weighted by Crippen LogP contribution is 2.32. The lowest BCUT2D eigenvalue weighted by Crippen LogP contribution is -2.45. The minimum Gasteiger partial charge on any atom is -0.385 e. The highest BCUT2D eigenvalue weighted by atomic mass is 32.1. The number of amides is 1. The third-order valence-corrected chi connectivity index (χ3v) is 5.72. The number of aryl methyl sites for hydroxylation is 1. The largest absolute Gasteiger partial charge is 0.385 e.